The molecule has 0 saturated carbocycles. The number of hydrogen-bond donors (Lipinski definition) is 1. The summed E-state index contributed by atoms with van der Waals surface area (Å²) < 4.78 is 15.8. The van der Waals surface area contributed by atoms with Crippen LogP contribution in [0.4, 0.5) is 11.5 Å². The Balaban J connectivity index is 2.13. The van der Waals surface area contributed by atoms with Gasteiger partial charge in [0.1, 0.15) is 11.5 Å². The number of anilines is 2. The van der Waals surface area contributed by atoms with Gasteiger partial charge in [0.2, 0.25) is 0 Å². The van der Waals surface area contributed by atoms with Crippen molar-refractivity contribution in [2.45, 2.75) is 20.8 Å². The number of ether oxygens (including phenoxy) is 3. The third kappa shape index (κ3) is 3.83. The maximum Gasteiger partial charge on any atom is 0.360 e. The predicted molar refractivity (Wildman–Crippen MR) is 108 cm³/mol. The number of aryl methyl sites for hydroxylation is 2. The largest absolute Gasteiger partial charge is 0.497 e. The molecular weight excluding hydrogens is 358 g/mol. The van der Waals surface area contributed by atoms with Crippen molar-refractivity contribution >= 4 is 28.5 Å². The zero-order chi connectivity index (χ0) is 20.3. The van der Waals surface area contributed by atoms with E-state index in [0.29, 0.717) is 34.0 Å². The molecule has 0 bridgehead atoms. The van der Waals surface area contributed by atoms with Gasteiger partial charge in [-0.2, -0.15) is 0 Å². The Hall–Kier alpha value is -3.35. The fourth-order valence-corrected chi connectivity index (χ4v) is 2.77. The Morgan fingerprint density at radius 2 is 1.68 bits per heavy atom. The van der Waals surface area contributed by atoms with Gasteiger partial charge in [0.15, 0.2) is 11.5 Å². The first-order valence-electron chi connectivity index (χ1n) is 8.92. The van der Waals surface area contributed by atoms with E-state index in [1.165, 1.54) is 0 Å². The van der Waals surface area contributed by atoms with Gasteiger partial charge < -0.3 is 19.5 Å². The van der Waals surface area contributed by atoms with Crippen LogP contribution in [0, 0.1) is 13.8 Å². The van der Waals surface area contributed by atoms with Crippen molar-refractivity contribution in [3.8, 4) is 11.5 Å². The molecule has 0 aliphatic rings. The highest BCUT2D eigenvalue weighted by Gasteiger charge is 2.19. The van der Waals surface area contributed by atoms with Gasteiger partial charge in [0.25, 0.3) is 0 Å². The van der Waals surface area contributed by atoms with E-state index < -0.39 is 5.97 Å². The number of esters is 1. The number of nitrogens with zero attached hydrogens (tertiary/aromatic N) is 2. The molecule has 0 fully saturated rings. The summed E-state index contributed by atoms with van der Waals surface area (Å²) in [6.07, 6.45) is 0. The molecule has 2 aromatic carbocycles. The van der Waals surface area contributed by atoms with Crippen LogP contribution in [-0.2, 0) is 4.74 Å². The molecule has 28 heavy (non-hydrogen) atoms. The molecule has 0 aliphatic heterocycles. The lowest BCUT2D eigenvalue weighted by Crippen LogP contribution is -2.12. The lowest BCUT2D eigenvalue weighted by Gasteiger charge is -2.15. The summed E-state index contributed by atoms with van der Waals surface area (Å²) in [4.78, 5) is 21.6. The number of hydrogen-bond acceptors (Lipinski definition) is 7. The molecule has 1 heterocycles. The van der Waals surface area contributed by atoms with Gasteiger partial charge in [-0.25, -0.2) is 14.8 Å². The van der Waals surface area contributed by atoms with E-state index in [0.717, 1.165) is 11.1 Å². The van der Waals surface area contributed by atoms with Gasteiger partial charge in [-0.1, -0.05) is 0 Å². The number of methoxy groups -OCH3 is 2. The number of carbonyl (C=O) groups is 1. The monoisotopic (exact) mass is 381 g/mol. The van der Waals surface area contributed by atoms with E-state index in [1.54, 1.807) is 39.3 Å². The Bertz CT molecular complexity index is 1030. The maximum absolute atomic E-state index is 12.5. The second-order valence-electron chi connectivity index (χ2n) is 6.26. The number of aromatic nitrogens is 2. The first kappa shape index (κ1) is 19.4. The highest BCUT2D eigenvalue weighted by Crippen LogP contribution is 2.32. The molecule has 0 spiro atoms. The van der Waals surface area contributed by atoms with Crippen LogP contribution in [0.1, 0.15) is 28.5 Å². The molecule has 0 unspecified atom stereocenters. The maximum atomic E-state index is 12.5. The van der Waals surface area contributed by atoms with Crippen molar-refractivity contribution in [1.82, 2.24) is 9.97 Å². The van der Waals surface area contributed by atoms with Crippen LogP contribution in [-0.4, -0.2) is 36.8 Å². The summed E-state index contributed by atoms with van der Waals surface area (Å²) in [6, 6.07) is 9.19. The van der Waals surface area contributed by atoms with Gasteiger partial charge in [-0.05, 0) is 56.2 Å². The summed E-state index contributed by atoms with van der Waals surface area (Å²) >= 11 is 0. The summed E-state index contributed by atoms with van der Waals surface area (Å²) in [5.74, 6) is 0.975. The molecule has 1 N–H and O–H groups in total. The van der Waals surface area contributed by atoms with Gasteiger partial charge >= 0.3 is 5.97 Å². The van der Waals surface area contributed by atoms with Crippen LogP contribution in [0.3, 0.4) is 0 Å². The second kappa shape index (κ2) is 8.12. The van der Waals surface area contributed by atoms with E-state index in [4.69, 9.17) is 14.2 Å². The molecule has 0 atom stereocenters. The smallest absolute Gasteiger partial charge is 0.360 e. The number of fused-ring (bicyclic) bond motifs is 1. The van der Waals surface area contributed by atoms with Crippen molar-refractivity contribution in [1.29, 1.82) is 0 Å². The van der Waals surface area contributed by atoms with Gasteiger partial charge in [-0.3, -0.25) is 0 Å². The Morgan fingerprint density at radius 1 is 1.00 bits per heavy atom. The first-order valence-corrected chi connectivity index (χ1v) is 8.92. The molecule has 3 aromatic rings. The molecular formula is C21H23N3O4. The standard InChI is InChI=1S/C21H23N3O4/c1-6-28-21(25)19-20(23-15-8-7-14(26-4)11-18(15)27-5)24-17-10-13(3)12(2)9-16(17)22-19/h7-11H,6H2,1-5H3,(H,23,24). The number of carbonyl (C=O) groups excluding carboxylic acids is 1. The number of benzene rings is 2. The molecule has 7 heteroatoms. The lowest BCUT2D eigenvalue weighted by molar-refractivity contribution is 0.0521. The van der Waals surface area contributed by atoms with Crippen LogP contribution in [0.25, 0.3) is 11.0 Å². The van der Waals surface area contributed by atoms with E-state index in [9.17, 15) is 4.79 Å². The van der Waals surface area contributed by atoms with Crippen molar-refractivity contribution in [2.75, 3.05) is 26.1 Å². The van der Waals surface area contributed by atoms with Crippen molar-refractivity contribution in [2.24, 2.45) is 0 Å². The SMILES string of the molecule is CCOC(=O)c1nc2cc(C)c(C)cc2nc1Nc1ccc(OC)cc1OC. The van der Waals surface area contributed by atoms with Crippen LogP contribution in [0.15, 0.2) is 30.3 Å². The molecule has 0 amide bonds. The van der Waals surface area contributed by atoms with Crippen molar-refractivity contribution in [3.63, 3.8) is 0 Å². The van der Waals surface area contributed by atoms with E-state index >= 15 is 0 Å². The topological polar surface area (TPSA) is 82.6 Å². The minimum absolute atomic E-state index is 0.121. The fourth-order valence-electron chi connectivity index (χ4n) is 2.77. The van der Waals surface area contributed by atoms with Crippen LogP contribution in [0.2, 0.25) is 0 Å². The van der Waals surface area contributed by atoms with Gasteiger partial charge in [0, 0.05) is 6.07 Å². The third-order valence-corrected chi connectivity index (χ3v) is 4.41. The normalized spacial score (nSPS) is 10.6. The average Bonchev–Trinajstić information content (AvgIpc) is 2.69. The number of rotatable bonds is 6. The Kier molecular flexibility index (Phi) is 5.63. The first-order chi connectivity index (χ1) is 13.5. The molecule has 0 radical (unpaired) electrons. The van der Waals surface area contributed by atoms with E-state index in [1.807, 2.05) is 26.0 Å². The van der Waals surface area contributed by atoms with Crippen LogP contribution in [0.5, 0.6) is 11.5 Å². The summed E-state index contributed by atoms with van der Waals surface area (Å²) in [5.41, 5.74) is 4.25. The average molecular weight is 381 g/mol. The summed E-state index contributed by atoms with van der Waals surface area (Å²) in [7, 11) is 3.14. The van der Waals surface area contributed by atoms with E-state index in [-0.39, 0.29) is 12.3 Å². The van der Waals surface area contributed by atoms with Crippen LogP contribution < -0.4 is 14.8 Å². The highest BCUT2D eigenvalue weighted by atomic mass is 16.5. The van der Waals surface area contributed by atoms with Gasteiger partial charge in [-0.15, -0.1) is 0 Å². The second-order valence-corrected chi connectivity index (χ2v) is 6.26. The molecule has 7 nitrogen and oxygen atoms in total. The Labute approximate surface area is 163 Å². The fraction of sp³-hybridized carbons (Fsp3) is 0.286. The van der Waals surface area contributed by atoms with Crippen molar-refractivity contribution in [3.05, 3.63) is 47.2 Å². The summed E-state index contributed by atoms with van der Waals surface area (Å²) in [6.45, 7) is 6.00. The summed E-state index contributed by atoms with van der Waals surface area (Å²) in [5, 5.41) is 3.15. The number of nitrogens with one attached hydrogen (secondary N) is 1. The van der Waals surface area contributed by atoms with E-state index in [2.05, 4.69) is 15.3 Å². The Morgan fingerprint density at radius 3 is 2.29 bits per heavy atom. The molecule has 0 aliphatic carbocycles. The van der Waals surface area contributed by atoms with Crippen LogP contribution >= 0.6 is 0 Å². The van der Waals surface area contributed by atoms with Crippen molar-refractivity contribution < 1.29 is 19.0 Å². The molecule has 0 saturated heterocycles. The zero-order valence-corrected chi connectivity index (χ0v) is 16.6. The predicted octanol–water partition coefficient (Wildman–Crippen LogP) is 4.18. The lowest BCUT2D eigenvalue weighted by atomic mass is 10.1. The molecule has 3 rings (SSSR count). The third-order valence-electron chi connectivity index (χ3n) is 4.41. The molecule has 146 valence electrons. The minimum Gasteiger partial charge on any atom is -0.497 e. The minimum atomic E-state index is -0.537. The zero-order valence-electron chi connectivity index (χ0n) is 16.6. The highest BCUT2D eigenvalue weighted by molar-refractivity contribution is 5.96. The van der Waals surface area contributed by atoms with Gasteiger partial charge in [0.05, 0.1) is 37.5 Å². The quantitative estimate of drug-likeness (QED) is 0.641. The molecule has 1 aromatic heterocycles.